The van der Waals surface area contributed by atoms with Crippen LogP contribution in [0.15, 0.2) is 22.9 Å². The number of rotatable bonds is 5. The van der Waals surface area contributed by atoms with Gasteiger partial charge >= 0.3 is 6.18 Å². The summed E-state index contributed by atoms with van der Waals surface area (Å²) >= 11 is 5.95. The van der Waals surface area contributed by atoms with Crippen molar-refractivity contribution >= 4 is 17.4 Å². The molecule has 1 aromatic heterocycles. The minimum Gasteiger partial charge on any atom is -0.483 e. The van der Waals surface area contributed by atoms with Crippen LogP contribution in [0.25, 0.3) is 0 Å². The predicted octanol–water partition coefficient (Wildman–Crippen LogP) is 4.69. The van der Waals surface area contributed by atoms with Gasteiger partial charge in [-0.1, -0.05) is 16.8 Å². The summed E-state index contributed by atoms with van der Waals surface area (Å²) in [4.78, 5) is 12.8. The molecule has 0 saturated heterocycles. The summed E-state index contributed by atoms with van der Waals surface area (Å²) in [7, 11) is 0. The molecule has 0 aliphatic heterocycles. The van der Waals surface area contributed by atoms with E-state index in [1.54, 1.807) is 0 Å². The first-order chi connectivity index (χ1) is 11.3. The summed E-state index contributed by atoms with van der Waals surface area (Å²) in [6, 6.07) is 2.81. The summed E-state index contributed by atoms with van der Waals surface area (Å²) in [5.74, 6) is -0.0587. The van der Waals surface area contributed by atoms with Gasteiger partial charge in [-0.25, -0.2) is 0 Å². The van der Waals surface area contributed by atoms with Gasteiger partial charge in [0.15, 0.2) is 12.4 Å². The Bertz CT molecular complexity index is 781. The molecular weight excluding hydrogens is 347 g/mol. The van der Waals surface area contributed by atoms with Crippen LogP contribution in [-0.4, -0.2) is 23.7 Å². The second-order valence-corrected chi connectivity index (χ2v) is 6.07. The van der Waals surface area contributed by atoms with Crippen LogP contribution >= 0.6 is 11.6 Å². The molecule has 1 heterocycles. The number of alkyl halides is 3. The van der Waals surface area contributed by atoms with Crippen molar-refractivity contribution in [2.45, 2.75) is 31.9 Å². The van der Waals surface area contributed by atoms with Crippen molar-refractivity contribution in [1.82, 2.24) is 5.16 Å². The third kappa shape index (κ3) is 3.40. The van der Waals surface area contributed by atoms with Gasteiger partial charge in [0, 0.05) is 16.5 Å². The molecule has 0 atom stereocenters. The van der Waals surface area contributed by atoms with Gasteiger partial charge in [-0.3, -0.25) is 4.79 Å². The van der Waals surface area contributed by atoms with Gasteiger partial charge in [0.05, 0.1) is 17.3 Å². The van der Waals surface area contributed by atoms with E-state index in [1.165, 1.54) is 25.3 Å². The van der Waals surface area contributed by atoms with Crippen molar-refractivity contribution in [3.63, 3.8) is 0 Å². The van der Waals surface area contributed by atoms with Crippen LogP contribution in [-0.2, 0) is 0 Å². The lowest BCUT2D eigenvalue weighted by atomic mass is 9.99. The van der Waals surface area contributed by atoms with Crippen LogP contribution in [0.4, 0.5) is 13.2 Å². The van der Waals surface area contributed by atoms with Crippen LogP contribution < -0.4 is 4.74 Å². The fourth-order valence-corrected chi connectivity index (χ4v) is 2.54. The number of benzene rings is 1. The maximum absolute atomic E-state index is 12.8. The molecule has 0 bridgehead atoms. The zero-order valence-corrected chi connectivity index (χ0v) is 13.4. The van der Waals surface area contributed by atoms with Crippen LogP contribution in [0.2, 0.25) is 5.02 Å². The van der Waals surface area contributed by atoms with Crippen molar-refractivity contribution in [2.24, 2.45) is 0 Å². The molecule has 24 heavy (non-hydrogen) atoms. The summed E-state index contributed by atoms with van der Waals surface area (Å²) in [5.41, 5.74) is 0.526. The number of hydrogen-bond acceptors (Lipinski definition) is 4. The van der Waals surface area contributed by atoms with Crippen molar-refractivity contribution in [2.75, 3.05) is 6.61 Å². The van der Waals surface area contributed by atoms with Gasteiger partial charge in [-0.2, -0.15) is 13.2 Å². The Hall–Kier alpha value is -2.02. The molecule has 0 spiro atoms. The highest BCUT2D eigenvalue weighted by atomic mass is 35.5. The number of ketones is 1. The van der Waals surface area contributed by atoms with E-state index in [9.17, 15) is 18.0 Å². The second kappa shape index (κ2) is 6.12. The Morgan fingerprint density at radius 2 is 2.08 bits per heavy atom. The fraction of sp³-hybridized carbons (Fsp3) is 0.375. The van der Waals surface area contributed by atoms with E-state index in [4.69, 9.17) is 20.9 Å². The van der Waals surface area contributed by atoms with E-state index >= 15 is 0 Å². The van der Waals surface area contributed by atoms with Gasteiger partial charge < -0.3 is 9.26 Å². The number of aromatic nitrogens is 1. The standard InChI is InChI=1S/C16H13ClF3NO3/c1-8-12(17)5-4-10(14(8)23-7-16(18,19)20)13(22)11-6-21-24-15(11)9-2-3-9/h4-6,9H,2-3,7H2,1H3. The number of carbonyl (C=O) groups excluding carboxylic acids is 1. The molecule has 3 rings (SSSR count). The largest absolute Gasteiger partial charge is 0.483 e. The molecule has 128 valence electrons. The molecule has 1 fully saturated rings. The molecule has 1 aromatic carbocycles. The zero-order chi connectivity index (χ0) is 17.5. The summed E-state index contributed by atoms with van der Waals surface area (Å²) < 4.78 is 47.5. The molecule has 8 heteroatoms. The highest BCUT2D eigenvalue weighted by molar-refractivity contribution is 6.31. The monoisotopic (exact) mass is 359 g/mol. The lowest BCUT2D eigenvalue weighted by Crippen LogP contribution is -2.21. The van der Waals surface area contributed by atoms with E-state index in [2.05, 4.69) is 5.16 Å². The van der Waals surface area contributed by atoms with Gasteiger partial charge in [-0.15, -0.1) is 0 Å². The van der Waals surface area contributed by atoms with Gasteiger partial charge in [0.25, 0.3) is 0 Å². The van der Waals surface area contributed by atoms with Crippen LogP contribution in [0, 0.1) is 6.92 Å². The number of carbonyl (C=O) groups is 1. The van der Waals surface area contributed by atoms with E-state index in [0.717, 1.165) is 12.8 Å². The predicted molar refractivity (Wildman–Crippen MR) is 79.6 cm³/mol. The normalized spacial score (nSPS) is 14.7. The average Bonchev–Trinajstić information content (AvgIpc) is 3.24. The molecule has 0 N–H and O–H groups in total. The highest BCUT2D eigenvalue weighted by Gasteiger charge is 2.34. The van der Waals surface area contributed by atoms with E-state index < -0.39 is 18.6 Å². The Kier molecular flexibility index (Phi) is 4.29. The summed E-state index contributed by atoms with van der Waals surface area (Å²) in [6.07, 6.45) is -1.45. The maximum atomic E-state index is 12.8. The smallest absolute Gasteiger partial charge is 0.422 e. The topological polar surface area (TPSA) is 52.3 Å². The average molecular weight is 360 g/mol. The molecule has 1 aliphatic rings. The van der Waals surface area contributed by atoms with E-state index in [1.807, 2.05) is 0 Å². The summed E-state index contributed by atoms with van der Waals surface area (Å²) in [5, 5.41) is 3.86. The Labute approximate surface area is 140 Å². The number of nitrogens with zero attached hydrogens (tertiary/aromatic N) is 1. The van der Waals surface area contributed by atoms with Crippen LogP contribution in [0.1, 0.15) is 46.0 Å². The first kappa shape index (κ1) is 16.8. The minimum absolute atomic E-state index is 0.00579. The lowest BCUT2D eigenvalue weighted by Gasteiger charge is -2.15. The van der Waals surface area contributed by atoms with Crippen molar-refractivity contribution in [3.05, 3.63) is 45.8 Å². The lowest BCUT2D eigenvalue weighted by molar-refractivity contribution is -0.153. The Morgan fingerprint density at radius 3 is 2.71 bits per heavy atom. The molecule has 4 nitrogen and oxygen atoms in total. The van der Waals surface area contributed by atoms with Gasteiger partial charge in [0.1, 0.15) is 5.75 Å². The number of hydrogen-bond donors (Lipinski definition) is 0. The van der Waals surface area contributed by atoms with E-state index in [-0.39, 0.29) is 33.4 Å². The first-order valence-electron chi connectivity index (χ1n) is 7.26. The second-order valence-electron chi connectivity index (χ2n) is 5.66. The molecule has 2 aromatic rings. The number of ether oxygens (including phenoxy) is 1. The quantitative estimate of drug-likeness (QED) is 0.727. The Morgan fingerprint density at radius 1 is 1.38 bits per heavy atom. The third-order valence-corrected chi connectivity index (χ3v) is 4.17. The van der Waals surface area contributed by atoms with Crippen LogP contribution in [0.3, 0.4) is 0 Å². The van der Waals surface area contributed by atoms with E-state index in [0.29, 0.717) is 5.76 Å². The first-order valence-corrected chi connectivity index (χ1v) is 7.63. The number of halogens is 4. The molecule has 0 amide bonds. The summed E-state index contributed by atoms with van der Waals surface area (Å²) in [6.45, 7) is -0.00613. The van der Waals surface area contributed by atoms with Gasteiger partial charge in [-0.05, 0) is 31.9 Å². The zero-order valence-electron chi connectivity index (χ0n) is 12.6. The third-order valence-electron chi connectivity index (χ3n) is 3.76. The minimum atomic E-state index is -4.52. The van der Waals surface area contributed by atoms with Crippen molar-refractivity contribution in [1.29, 1.82) is 0 Å². The van der Waals surface area contributed by atoms with Crippen molar-refractivity contribution < 1.29 is 27.2 Å². The fourth-order valence-electron chi connectivity index (χ4n) is 2.39. The molecule has 0 unspecified atom stereocenters. The molecular formula is C16H13ClF3NO3. The molecule has 1 saturated carbocycles. The van der Waals surface area contributed by atoms with Crippen LogP contribution in [0.5, 0.6) is 5.75 Å². The SMILES string of the molecule is Cc1c(Cl)ccc(C(=O)c2cnoc2C2CC2)c1OCC(F)(F)F. The molecule has 0 radical (unpaired) electrons. The van der Waals surface area contributed by atoms with Crippen molar-refractivity contribution in [3.8, 4) is 5.75 Å². The van der Waals surface area contributed by atoms with Gasteiger partial charge in [0.2, 0.25) is 5.78 Å². The molecule has 1 aliphatic carbocycles. The maximum Gasteiger partial charge on any atom is 0.422 e. The Balaban J connectivity index is 1.98. The highest BCUT2D eigenvalue weighted by Crippen LogP contribution is 2.42.